The zero-order chi connectivity index (χ0) is 19.3. The maximum Gasteiger partial charge on any atom is 0.0484 e. The van der Waals surface area contributed by atoms with Crippen molar-refractivity contribution < 1.29 is 0 Å². The third-order valence-corrected chi connectivity index (χ3v) is 6.30. The Morgan fingerprint density at radius 3 is 2.07 bits per heavy atom. The third-order valence-electron chi connectivity index (χ3n) is 5.97. The van der Waals surface area contributed by atoms with Crippen molar-refractivity contribution in [3.8, 4) is 33.4 Å². The van der Waals surface area contributed by atoms with Crippen molar-refractivity contribution in [1.29, 1.82) is 0 Å². The second-order valence-electron chi connectivity index (χ2n) is 7.96. The van der Waals surface area contributed by atoms with Crippen molar-refractivity contribution in [3.63, 3.8) is 0 Å². The van der Waals surface area contributed by atoms with Crippen LogP contribution in [0.2, 0.25) is 5.02 Å². The van der Waals surface area contributed by atoms with Gasteiger partial charge in [0.15, 0.2) is 0 Å². The van der Waals surface area contributed by atoms with E-state index in [1.165, 1.54) is 33.4 Å². The number of hydrogen-bond acceptors (Lipinski definition) is 0. The first-order valence-corrected chi connectivity index (χ1v) is 10.0. The maximum atomic E-state index is 6.49. The SMILES string of the molecule is CC1(C)c2ccc(-c3ccccc3Cl)cc2-c2c(-c3ccccc3)cccc21. The molecule has 136 valence electrons. The Kier molecular flexibility index (Phi) is 3.92. The highest BCUT2D eigenvalue weighted by Crippen LogP contribution is 2.53. The van der Waals surface area contributed by atoms with E-state index < -0.39 is 0 Å². The number of hydrogen-bond donors (Lipinski definition) is 0. The van der Waals surface area contributed by atoms with Crippen LogP contribution in [0.15, 0.2) is 91.0 Å². The molecule has 1 heteroatoms. The van der Waals surface area contributed by atoms with Gasteiger partial charge < -0.3 is 0 Å². The molecule has 1 aliphatic rings. The average molecular weight is 381 g/mol. The predicted molar refractivity (Wildman–Crippen MR) is 120 cm³/mol. The van der Waals surface area contributed by atoms with Crippen molar-refractivity contribution in [2.45, 2.75) is 19.3 Å². The molecule has 4 aromatic carbocycles. The molecule has 0 atom stereocenters. The van der Waals surface area contributed by atoms with E-state index in [-0.39, 0.29) is 5.41 Å². The van der Waals surface area contributed by atoms with Crippen LogP contribution in [-0.2, 0) is 5.41 Å². The minimum Gasteiger partial charge on any atom is -0.0837 e. The molecular formula is C27H21Cl. The van der Waals surface area contributed by atoms with Crippen LogP contribution in [0, 0.1) is 0 Å². The van der Waals surface area contributed by atoms with Gasteiger partial charge in [-0.3, -0.25) is 0 Å². The molecular weight excluding hydrogens is 360 g/mol. The van der Waals surface area contributed by atoms with Crippen LogP contribution in [0.3, 0.4) is 0 Å². The van der Waals surface area contributed by atoms with E-state index in [4.69, 9.17) is 11.6 Å². The fourth-order valence-electron chi connectivity index (χ4n) is 4.53. The molecule has 0 bridgehead atoms. The van der Waals surface area contributed by atoms with Gasteiger partial charge in [0.25, 0.3) is 0 Å². The van der Waals surface area contributed by atoms with E-state index in [0.717, 1.165) is 16.1 Å². The molecule has 0 fully saturated rings. The lowest BCUT2D eigenvalue weighted by atomic mass is 9.81. The van der Waals surface area contributed by atoms with Gasteiger partial charge in [0, 0.05) is 16.0 Å². The van der Waals surface area contributed by atoms with Crippen LogP contribution in [0.5, 0.6) is 0 Å². The molecule has 1 aliphatic carbocycles. The van der Waals surface area contributed by atoms with Crippen LogP contribution >= 0.6 is 11.6 Å². The molecule has 0 saturated carbocycles. The molecule has 0 radical (unpaired) electrons. The highest BCUT2D eigenvalue weighted by Gasteiger charge is 2.36. The number of rotatable bonds is 2. The third kappa shape index (κ3) is 2.52. The summed E-state index contributed by atoms with van der Waals surface area (Å²) in [5.41, 5.74) is 10.2. The lowest BCUT2D eigenvalue weighted by Gasteiger charge is -2.21. The summed E-state index contributed by atoms with van der Waals surface area (Å²) in [7, 11) is 0. The van der Waals surface area contributed by atoms with Gasteiger partial charge in [-0.25, -0.2) is 0 Å². The van der Waals surface area contributed by atoms with Gasteiger partial charge >= 0.3 is 0 Å². The summed E-state index contributed by atoms with van der Waals surface area (Å²) in [5.74, 6) is 0. The summed E-state index contributed by atoms with van der Waals surface area (Å²) in [4.78, 5) is 0. The quantitative estimate of drug-likeness (QED) is 0.330. The summed E-state index contributed by atoms with van der Waals surface area (Å²) in [6.45, 7) is 4.64. The largest absolute Gasteiger partial charge is 0.0837 e. The Morgan fingerprint density at radius 2 is 1.29 bits per heavy atom. The van der Waals surface area contributed by atoms with E-state index >= 15 is 0 Å². The Hall–Kier alpha value is -2.83. The molecule has 5 rings (SSSR count). The Labute approximate surface area is 171 Å². The first kappa shape index (κ1) is 17.3. The van der Waals surface area contributed by atoms with Gasteiger partial charge in [-0.05, 0) is 51.1 Å². The topological polar surface area (TPSA) is 0 Å². The van der Waals surface area contributed by atoms with Crippen LogP contribution in [0.4, 0.5) is 0 Å². The van der Waals surface area contributed by atoms with E-state index in [0.29, 0.717) is 0 Å². The summed E-state index contributed by atoms with van der Waals surface area (Å²) < 4.78 is 0. The first-order chi connectivity index (χ1) is 13.6. The summed E-state index contributed by atoms with van der Waals surface area (Å²) >= 11 is 6.49. The fourth-order valence-corrected chi connectivity index (χ4v) is 4.77. The molecule has 0 heterocycles. The molecule has 0 saturated heterocycles. The molecule has 0 spiro atoms. The van der Waals surface area contributed by atoms with E-state index in [2.05, 4.69) is 86.6 Å². The second-order valence-corrected chi connectivity index (χ2v) is 8.37. The molecule has 0 N–H and O–H groups in total. The molecule has 0 aliphatic heterocycles. The molecule has 0 amide bonds. The minimum absolute atomic E-state index is 0.0194. The highest BCUT2D eigenvalue weighted by atomic mass is 35.5. The van der Waals surface area contributed by atoms with Crippen molar-refractivity contribution in [2.24, 2.45) is 0 Å². The molecule has 0 unspecified atom stereocenters. The second kappa shape index (κ2) is 6.36. The normalized spacial score (nSPS) is 13.8. The Balaban J connectivity index is 1.80. The zero-order valence-electron chi connectivity index (χ0n) is 16.0. The summed E-state index contributed by atoms with van der Waals surface area (Å²) in [6, 6.07) is 32.2. The maximum absolute atomic E-state index is 6.49. The smallest absolute Gasteiger partial charge is 0.0484 e. The number of benzene rings is 4. The van der Waals surface area contributed by atoms with Gasteiger partial charge in [-0.2, -0.15) is 0 Å². The zero-order valence-corrected chi connectivity index (χ0v) is 16.8. The van der Waals surface area contributed by atoms with E-state index in [1.54, 1.807) is 0 Å². The monoisotopic (exact) mass is 380 g/mol. The van der Waals surface area contributed by atoms with Gasteiger partial charge in [-0.15, -0.1) is 0 Å². The van der Waals surface area contributed by atoms with Gasteiger partial charge in [0.2, 0.25) is 0 Å². The lowest BCUT2D eigenvalue weighted by Crippen LogP contribution is -2.14. The van der Waals surface area contributed by atoms with Gasteiger partial charge in [0.1, 0.15) is 0 Å². The Morgan fingerprint density at radius 1 is 0.571 bits per heavy atom. The molecule has 0 nitrogen and oxygen atoms in total. The molecule has 0 aromatic heterocycles. The predicted octanol–water partition coefficient (Wildman–Crippen LogP) is 7.98. The van der Waals surface area contributed by atoms with Crippen LogP contribution < -0.4 is 0 Å². The minimum atomic E-state index is -0.0194. The highest BCUT2D eigenvalue weighted by molar-refractivity contribution is 6.33. The van der Waals surface area contributed by atoms with E-state index in [1.807, 2.05) is 18.2 Å². The molecule has 28 heavy (non-hydrogen) atoms. The summed E-state index contributed by atoms with van der Waals surface area (Å²) in [6.07, 6.45) is 0. The van der Waals surface area contributed by atoms with Crippen molar-refractivity contribution in [1.82, 2.24) is 0 Å². The Bertz CT molecular complexity index is 1190. The number of halogens is 1. The van der Waals surface area contributed by atoms with Crippen LogP contribution in [0.1, 0.15) is 25.0 Å². The van der Waals surface area contributed by atoms with E-state index in [9.17, 15) is 0 Å². The molecule has 4 aromatic rings. The summed E-state index contributed by atoms with van der Waals surface area (Å²) in [5, 5.41) is 0.788. The van der Waals surface area contributed by atoms with Crippen molar-refractivity contribution >= 4 is 11.6 Å². The van der Waals surface area contributed by atoms with Crippen molar-refractivity contribution in [3.05, 3.63) is 107 Å². The fraction of sp³-hybridized carbons (Fsp3) is 0.111. The number of fused-ring (bicyclic) bond motifs is 3. The van der Waals surface area contributed by atoms with Crippen LogP contribution in [0.25, 0.3) is 33.4 Å². The first-order valence-electron chi connectivity index (χ1n) is 9.66. The average Bonchev–Trinajstić information content (AvgIpc) is 2.96. The van der Waals surface area contributed by atoms with Crippen molar-refractivity contribution in [2.75, 3.05) is 0 Å². The van der Waals surface area contributed by atoms with Gasteiger partial charge in [0.05, 0.1) is 0 Å². The standard InChI is InChI=1S/C27H21Cl/c1-27(2)23-16-15-19(20-11-6-7-14-25(20)28)17-22(23)26-21(12-8-13-24(26)27)18-9-4-3-5-10-18/h3-17H,1-2H3. The van der Waals surface area contributed by atoms with Crippen LogP contribution in [-0.4, -0.2) is 0 Å². The lowest BCUT2D eigenvalue weighted by molar-refractivity contribution is 0.660. The van der Waals surface area contributed by atoms with Gasteiger partial charge in [-0.1, -0.05) is 104 Å².